The number of fused-ring (bicyclic) bond motifs is 3. The fourth-order valence-corrected chi connectivity index (χ4v) is 2.50. The molecule has 0 atom stereocenters. The molecule has 0 aliphatic carbocycles. The van der Waals surface area contributed by atoms with Crippen LogP contribution >= 0.6 is 0 Å². The van der Waals surface area contributed by atoms with Crippen molar-refractivity contribution in [3.63, 3.8) is 0 Å². The fraction of sp³-hybridized carbons (Fsp3) is 0.182. The van der Waals surface area contributed by atoms with Crippen LogP contribution in [0.2, 0.25) is 13.1 Å². The number of rotatable bonds is 0. The van der Waals surface area contributed by atoms with E-state index in [0.29, 0.717) is 0 Å². The third-order valence-corrected chi connectivity index (χ3v) is 3.84. The number of hydrogen-bond donors (Lipinski definition) is 0. The van der Waals surface area contributed by atoms with E-state index in [-0.39, 0.29) is 51.0 Å². The molecule has 0 spiro atoms. The van der Waals surface area contributed by atoms with Gasteiger partial charge in [0.1, 0.15) is 0 Å². The molecule has 0 amide bonds. The maximum atomic E-state index is 2.24. The van der Waals surface area contributed by atoms with Crippen molar-refractivity contribution in [2.45, 2.75) is 26.9 Å². The Hall–Kier alpha value is -0.660. The predicted octanol–water partition coefficient (Wildman–Crippen LogP) is 0.259. The van der Waals surface area contributed by atoms with Gasteiger partial charge in [-0.25, -0.2) is 0 Å². The zero-order valence-electron chi connectivity index (χ0n) is 15.8. The van der Waals surface area contributed by atoms with E-state index >= 15 is 0 Å². The molecule has 1 radical (unpaired) electrons. The molecule has 4 heteroatoms. The number of hydrogen-bond acceptors (Lipinski definition) is 0. The minimum Gasteiger partial charge on any atom is -1.00 e. The van der Waals surface area contributed by atoms with Gasteiger partial charge in [-0.15, -0.1) is 39.7 Å². The molecule has 0 bridgehead atoms. The van der Waals surface area contributed by atoms with Gasteiger partial charge in [0.2, 0.25) is 0 Å². The van der Waals surface area contributed by atoms with E-state index in [0.717, 1.165) is 9.52 Å². The Morgan fingerprint density at radius 3 is 1.35 bits per heavy atom. The van der Waals surface area contributed by atoms with Crippen LogP contribution in [0.15, 0.2) is 72.8 Å². The molecule has 4 aromatic carbocycles. The zero-order valence-corrected chi connectivity index (χ0v) is 20.9. The van der Waals surface area contributed by atoms with Gasteiger partial charge < -0.3 is 24.8 Å². The smallest absolute Gasteiger partial charge is 1.00 e. The second-order valence-corrected chi connectivity index (χ2v) is 6.94. The van der Waals surface area contributed by atoms with Crippen LogP contribution in [0.1, 0.15) is 11.1 Å². The molecule has 0 saturated carbocycles. The number of benzene rings is 2. The molecule has 0 heterocycles. The van der Waals surface area contributed by atoms with Crippen molar-refractivity contribution in [2.75, 3.05) is 0 Å². The monoisotopic (exact) mass is 477 g/mol. The third-order valence-electron chi connectivity index (χ3n) is 3.84. The molecule has 0 nitrogen and oxygen atoms in total. The average molecular weight is 480 g/mol. The van der Waals surface area contributed by atoms with Crippen LogP contribution in [0.5, 0.6) is 0 Å². The Bertz CT molecular complexity index is 798. The molecule has 4 aromatic rings. The van der Waals surface area contributed by atoms with Crippen molar-refractivity contribution in [1.82, 2.24) is 0 Å². The van der Waals surface area contributed by atoms with Crippen LogP contribution in [0.25, 0.3) is 21.5 Å². The van der Waals surface area contributed by atoms with Crippen LogP contribution in [0, 0.1) is 13.8 Å². The van der Waals surface area contributed by atoms with Crippen molar-refractivity contribution in [1.29, 1.82) is 0 Å². The van der Waals surface area contributed by atoms with Gasteiger partial charge in [-0.1, -0.05) is 63.3 Å². The van der Waals surface area contributed by atoms with Gasteiger partial charge in [0.05, 0.1) is 0 Å². The first-order valence-electron chi connectivity index (χ1n) is 8.13. The molecule has 0 N–H and O–H groups in total. The van der Waals surface area contributed by atoms with E-state index < -0.39 is 0 Å². The average Bonchev–Trinajstić information content (AvgIpc) is 3.12. The minimum absolute atomic E-state index is 0. The molecular weight excluding hydrogens is 454 g/mol. The summed E-state index contributed by atoms with van der Waals surface area (Å²) in [6, 6.07) is 25.6. The standard InChI is InChI=1S/C13H9.C7H9.C2H7Si.2ClH.Zr/c1-3-7-12-10(5-1)9-11-6-2-4-8-13(11)12;1-6-4-3-5-7(6)2;1-3-2;;;/h1-9H;3-5H,1-2H3;3H,1-2H3;2*1H;/q2*-1;;;;+4/p-2. The van der Waals surface area contributed by atoms with Crippen LogP contribution in [-0.2, 0) is 26.2 Å². The third kappa shape index (κ3) is 7.53. The molecule has 0 aromatic heterocycles. The van der Waals surface area contributed by atoms with Gasteiger partial charge in [-0.3, -0.25) is 0 Å². The molecule has 4 rings (SSSR count). The SMILES string of the molecule is C[SiH]C.Cc1c[cH-]cc1C.[Cl-].[Cl-].[Zr+4].c1ccc2c(c1)[cH-]c1ccccc12. The summed E-state index contributed by atoms with van der Waals surface area (Å²) in [6.07, 6.45) is 0. The van der Waals surface area contributed by atoms with Crippen molar-refractivity contribution < 1.29 is 51.0 Å². The summed E-state index contributed by atoms with van der Waals surface area (Å²) in [5.41, 5.74) is 2.78. The Morgan fingerprint density at radius 1 is 0.692 bits per heavy atom. The van der Waals surface area contributed by atoms with Gasteiger partial charge in [0.25, 0.3) is 0 Å². The van der Waals surface area contributed by atoms with Gasteiger partial charge in [0, 0.05) is 9.52 Å². The largest absolute Gasteiger partial charge is 4.00 e. The summed E-state index contributed by atoms with van der Waals surface area (Å²) >= 11 is 0. The molecule has 26 heavy (non-hydrogen) atoms. The van der Waals surface area contributed by atoms with E-state index in [2.05, 4.69) is 99.7 Å². The summed E-state index contributed by atoms with van der Waals surface area (Å²) in [5, 5.41) is 5.39. The molecule has 0 aliphatic heterocycles. The van der Waals surface area contributed by atoms with Crippen molar-refractivity contribution in [3.05, 3.63) is 83.9 Å². The summed E-state index contributed by atoms with van der Waals surface area (Å²) in [7, 11) is 0.750. The Balaban J connectivity index is 0. The topological polar surface area (TPSA) is 0 Å². The molecule has 0 aliphatic rings. The fourth-order valence-electron chi connectivity index (χ4n) is 2.50. The van der Waals surface area contributed by atoms with E-state index in [1.54, 1.807) is 0 Å². The van der Waals surface area contributed by atoms with Crippen molar-refractivity contribution in [3.8, 4) is 0 Å². The number of aryl methyl sites for hydroxylation is 2. The van der Waals surface area contributed by atoms with E-state index in [9.17, 15) is 0 Å². The first-order valence-corrected chi connectivity index (χ1v) is 10.4. The van der Waals surface area contributed by atoms with Gasteiger partial charge in [0.15, 0.2) is 0 Å². The summed E-state index contributed by atoms with van der Waals surface area (Å²) < 4.78 is 0. The maximum absolute atomic E-state index is 2.24. The second kappa shape index (κ2) is 14.4. The summed E-state index contributed by atoms with van der Waals surface area (Å²) in [5.74, 6) is 0. The Labute approximate surface area is 191 Å². The predicted molar refractivity (Wildman–Crippen MR) is 107 cm³/mol. The minimum atomic E-state index is 0. The van der Waals surface area contributed by atoms with Crippen LogP contribution in [-0.4, -0.2) is 9.52 Å². The Morgan fingerprint density at radius 2 is 1.04 bits per heavy atom. The molecule has 135 valence electrons. The summed E-state index contributed by atoms with van der Waals surface area (Å²) in [6.45, 7) is 8.66. The summed E-state index contributed by atoms with van der Waals surface area (Å²) in [4.78, 5) is 0. The van der Waals surface area contributed by atoms with Gasteiger partial charge in [-0.05, 0) is 0 Å². The Kier molecular flexibility index (Phi) is 15.3. The normalized spacial score (nSPS) is 8.77. The van der Waals surface area contributed by atoms with E-state index in [4.69, 9.17) is 0 Å². The molecule has 0 saturated heterocycles. The zero-order chi connectivity index (χ0) is 16.7. The first kappa shape index (κ1) is 27.6. The van der Waals surface area contributed by atoms with E-state index in [1.165, 1.54) is 32.7 Å². The van der Waals surface area contributed by atoms with Crippen LogP contribution < -0.4 is 24.8 Å². The molecule has 0 unspecified atom stereocenters. The molecular formula is C22H25Cl2SiZr. The first-order chi connectivity index (χ1) is 11.2. The van der Waals surface area contributed by atoms with Crippen LogP contribution in [0.4, 0.5) is 0 Å². The quantitative estimate of drug-likeness (QED) is 0.251. The van der Waals surface area contributed by atoms with E-state index in [1.807, 2.05) is 0 Å². The second-order valence-electron chi connectivity index (χ2n) is 5.79. The van der Waals surface area contributed by atoms with Crippen molar-refractivity contribution in [2.24, 2.45) is 0 Å². The number of halogens is 2. The van der Waals surface area contributed by atoms with Crippen LogP contribution in [0.3, 0.4) is 0 Å². The molecule has 0 fully saturated rings. The van der Waals surface area contributed by atoms with Gasteiger partial charge in [-0.2, -0.15) is 29.3 Å². The maximum Gasteiger partial charge on any atom is 4.00 e. The van der Waals surface area contributed by atoms with Gasteiger partial charge >= 0.3 is 26.2 Å². The van der Waals surface area contributed by atoms with Crippen molar-refractivity contribution >= 4 is 31.1 Å².